The number of alkyl halides is 2. The zero-order chi connectivity index (χ0) is 8.27. The van der Waals surface area contributed by atoms with Crippen LogP contribution in [0.4, 0.5) is 8.78 Å². The lowest BCUT2D eigenvalue weighted by Crippen LogP contribution is -2.03. The van der Waals surface area contributed by atoms with E-state index in [9.17, 15) is 8.78 Å². The van der Waals surface area contributed by atoms with Gasteiger partial charge < -0.3 is 4.74 Å². The van der Waals surface area contributed by atoms with E-state index in [1.54, 1.807) is 12.2 Å². The van der Waals surface area contributed by atoms with Gasteiger partial charge in [-0.2, -0.15) is 21.4 Å². The maximum atomic E-state index is 11.6. The number of allylic oxidation sites excluding steroid dienone is 2. The number of halogens is 2. The van der Waals surface area contributed by atoms with Crippen LogP contribution in [0.3, 0.4) is 0 Å². The quantitative estimate of drug-likeness (QED) is 0.639. The summed E-state index contributed by atoms with van der Waals surface area (Å²) in [5.74, 6) is 0.227. The summed E-state index contributed by atoms with van der Waals surface area (Å²) in [6, 6.07) is 0. The molecule has 0 aromatic rings. The molecule has 1 rings (SSSR count). The largest absolute Gasteiger partial charge is 0.435 e. The van der Waals surface area contributed by atoms with E-state index in [0.29, 0.717) is 6.42 Å². The monoisotopic (exact) mass is 178 g/mol. The van der Waals surface area contributed by atoms with Crippen molar-refractivity contribution < 1.29 is 13.5 Å². The molecule has 1 unspecified atom stereocenters. The van der Waals surface area contributed by atoms with Gasteiger partial charge in [0.05, 0.1) is 0 Å². The van der Waals surface area contributed by atoms with Gasteiger partial charge in [0.1, 0.15) is 5.76 Å². The zero-order valence-electron chi connectivity index (χ0n) is 5.71. The molecule has 1 aliphatic carbocycles. The fourth-order valence-electron chi connectivity index (χ4n) is 0.780. The van der Waals surface area contributed by atoms with Crippen molar-refractivity contribution in [1.82, 2.24) is 0 Å². The van der Waals surface area contributed by atoms with Gasteiger partial charge in [-0.1, -0.05) is 6.08 Å². The van der Waals surface area contributed by atoms with Crippen LogP contribution in [-0.2, 0) is 4.74 Å². The minimum atomic E-state index is -2.73. The highest BCUT2D eigenvalue weighted by atomic mass is 32.1. The van der Waals surface area contributed by atoms with Crippen molar-refractivity contribution in [2.75, 3.05) is 0 Å². The van der Waals surface area contributed by atoms with Gasteiger partial charge in [0.15, 0.2) is 0 Å². The minimum Gasteiger partial charge on any atom is -0.435 e. The standard InChI is InChI=1S/C7H8F2OS/c8-7(9)10-5-1-3-6(11)4-2-5/h1-3,6-7,11H,4H2. The van der Waals surface area contributed by atoms with Crippen LogP contribution in [0.1, 0.15) is 6.42 Å². The molecule has 0 saturated heterocycles. The van der Waals surface area contributed by atoms with Crippen molar-refractivity contribution in [2.24, 2.45) is 0 Å². The number of hydrogen-bond acceptors (Lipinski definition) is 2. The molecular formula is C7H8F2OS. The Balaban J connectivity index is 2.43. The van der Waals surface area contributed by atoms with Gasteiger partial charge >= 0.3 is 6.61 Å². The van der Waals surface area contributed by atoms with Crippen LogP contribution < -0.4 is 0 Å². The molecule has 0 fully saturated rings. The molecule has 62 valence electrons. The van der Waals surface area contributed by atoms with E-state index in [-0.39, 0.29) is 11.0 Å². The van der Waals surface area contributed by atoms with Gasteiger partial charge in [-0.25, -0.2) is 0 Å². The number of thiol groups is 1. The summed E-state index contributed by atoms with van der Waals surface area (Å²) in [5, 5.41) is 0.125. The molecular weight excluding hydrogens is 170 g/mol. The highest BCUT2D eigenvalue weighted by Crippen LogP contribution is 2.17. The number of hydrogen-bond donors (Lipinski definition) is 1. The summed E-state index contributed by atoms with van der Waals surface area (Å²) >= 11 is 4.12. The lowest BCUT2D eigenvalue weighted by atomic mass is 10.2. The van der Waals surface area contributed by atoms with Crippen LogP contribution in [0.2, 0.25) is 0 Å². The maximum absolute atomic E-state index is 11.6. The molecule has 0 aromatic heterocycles. The fraction of sp³-hybridized carbons (Fsp3) is 0.429. The second-order valence-corrected chi connectivity index (χ2v) is 2.81. The summed E-state index contributed by atoms with van der Waals surface area (Å²) in [6.07, 6.45) is 5.47. The molecule has 1 nitrogen and oxygen atoms in total. The Morgan fingerprint density at radius 3 is 2.82 bits per heavy atom. The normalized spacial score (nSPS) is 23.6. The SMILES string of the molecule is FC(F)OC1=CCC(S)C=C1. The second kappa shape index (κ2) is 3.76. The van der Waals surface area contributed by atoms with Crippen molar-refractivity contribution in [3.63, 3.8) is 0 Å². The number of rotatable bonds is 2. The number of ether oxygens (including phenoxy) is 1. The predicted molar refractivity (Wildman–Crippen MR) is 41.7 cm³/mol. The molecule has 4 heteroatoms. The van der Waals surface area contributed by atoms with Crippen molar-refractivity contribution in [2.45, 2.75) is 18.3 Å². The van der Waals surface area contributed by atoms with E-state index in [1.807, 2.05) is 0 Å². The van der Waals surface area contributed by atoms with E-state index in [1.165, 1.54) is 6.08 Å². The average Bonchev–Trinajstić information content (AvgIpc) is 1.93. The Hall–Kier alpha value is -0.510. The molecule has 11 heavy (non-hydrogen) atoms. The van der Waals surface area contributed by atoms with Crippen LogP contribution in [0.25, 0.3) is 0 Å². The third kappa shape index (κ3) is 2.93. The first kappa shape index (κ1) is 8.59. The van der Waals surface area contributed by atoms with Gasteiger partial charge in [-0.15, -0.1) is 0 Å². The lowest BCUT2D eigenvalue weighted by molar-refractivity contribution is -0.0924. The maximum Gasteiger partial charge on any atom is 0.387 e. The molecule has 0 N–H and O–H groups in total. The topological polar surface area (TPSA) is 9.23 Å². The smallest absolute Gasteiger partial charge is 0.387 e. The minimum absolute atomic E-state index is 0.125. The van der Waals surface area contributed by atoms with Crippen molar-refractivity contribution >= 4 is 12.6 Å². The summed E-state index contributed by atoms with van der Waals surface area (Å²) < 4.78 is 27.3. The van der Waals surface area contributed by atoms with Gasteiger partial charge in [0.2, 0.25) is 0 Å². The Kier molecular flexibility index (Phi) is 2.93. The van der Waals surface area contributed by atoms with Gasteiger partial charge in [0, 0.05) is 5.25 Å². The summed E-state index contributed by atoms with van der Waals surface area (Å²) in [7, 11) is 0. The van der Waals surface area contributed by atoms with Crippen LogP contribution in [0, 0.1) is 0 Å². The van der Waals surface area contributed by atoms with Gasteiger partial charge in [0.25, 0.3) is 0 Å². The highest BCUT2D eigenvalue weighted by molar-refractivity contribution is 7.81. The van der Waals surface area contributed by atoms with E-state index in [0.717, 1.165) is 0 Å². The first-order chi connectivity index (χ1) is 5.18. The molecule has 0 spiro atoms. The predicted octanol–water partition coefficient (Wildman–Crippen LogP) is 2.37. The first-order valence-electron chi connectivity index (χ1n) is 3.19. The lowest BCUT2D eigenvalue weighted by Gasteiger charge is -2.11. The summed E-state index contributed by atoms with van der Waals surface area (Å²) in [6.45, 7) is -2.73. The average molecular weight is 178 g/mol. The Labute approximate surface area is 69.1 Å². The van der Waals surface area contributed by atoms with Crippen molar-refractivity contribution in [3.05, 3.63) is 24.0 Å². The molecule has 1 aliphatic rings. The molecule has 0 amide bonds. The fourth-order valence-corrected chi connectivity index (χ4v) is 0.971. The first-order valence-corrected chi connectivity index (χ1v) is 3.71. The Morgan fingerprint density at radius 1 is 1.64 bits per heavy atom. The van der Waals surface area contributed by atoms with Crippen LogP contribution in [0.5, 0.6) is 0 Å². The van der Waals surface area contributed by atoms with Crippen molar-refractivity contribution in [3.8, 4) is 0 Å². The Bertz CT molecular complexity index is 189. The molecule has 0 radical (unpaired) electrons. The highest BCUT2D eigenvalue weighted by Gasteiger charge is 2.08. The zero-order valence-corrected chi connectivity index (χ0v) is 6.60. The van der Waals surface area contributed by atoms with Gasteiger partial charge in [-0.3, -0.25) is 0 Å². The third-order valence-corrected chi connectivity index (χ3v) is 1.65. The van der Waals surface area contributed by atoms with E-state index in [4.69, 9.17) is 0 Å². The van der Waals surface area contributed by atoms with Gasteiger partial charge in [-0.05, 0) is 18.6 Å². The van der Waals surface area contributed by atoms with E-state index in [2.05, 4.69) is 17.4 Å². The van der Waals surface area contributed by atoms with E-state index < -0.39 is 6.61 Å². The van der Waals surface area contributed by atoms with Crippen LogP contribution in [-0.4, -0.2) is 11.9 Å². The Morgan fingerprint density at radius 2 is 2.36 bits per heavy atom. The molecule has 0 aromatic carbocycles. The van der Waals surface area contributed by atoms with Crippen LogP contribution in [0.15, 0.2) is 24.0 Å². The molecule has 0 bridgehead atoms. The van der Waals surface area contributed by atoms with Crippen LogP contribution >= 0.6 is 12.6 Å². The molecule has 0 saturated carbocycles. The summed E-state index contributed by atoms with van der Waals surface area (Å²) in [5.41, 5.74) is 0. The summed E-state index contributed by atoms with van der Waals surface area (Å²) in [4.78, 5) is 0. The molecule has 0 aliphatic heterocycles. The van der Waals surface area contributed by atoms with Crippen molar-refractivity contribution in [1.29, 1.82) is 0 Å². The molecule has 0 heterocycles. The molecule has 1 atom stereocenters. The third-order valence-electron chi connectivity index (χ3n) is 1.27. The van der Waals surface area contributed by atoms with E-state index >= 15 is 0 Å². The second-order valence-electron chi connectivity index (χ2n) is 2.15.